The van der Waals surface area contributed by atoms with Crippen LogP contribution in [0.25, 0.3) is 6.08 Å². The number of nitrogens with zero attached hydrogens (tertiary/aromatic N) is 3. The summed E-state index contributed by atoms with van der Waals surface area (Å²) in [6.45, 7) is 6.95. The van der Waals surface area contributed by atoms with E-state index in [4.69, 9.17) is 14.5 Å². The monoisotopic (exact) mass is 538 g/mol. The van der Waals surface area contributed by atoms with Gasteiger partial charge in [0.25, 0.3) is 0 Å². The molecule has 38 heavy (non-hydrogen) atoms. The largest absolute Gasteiger partial charge is 0.467 e. The summed E-state index contributed by atoms with van der Waals surface area (Å²) in [5, 5.41) is 6.00. The van der Waals surface area contributed by atoms with Gasteiger partial charge in [-0.25, -0.2) is 14.6 Å². The number of thiazole rings is 1. The first-order valence-electron chi connectivity index (χ1n) is 13.0. The second kappa shape index (κ2) is 10.4. The molecular weight excluding hydrogens is 504 g/mol. The van der Waals surface area contributed by atoms with Crippen molar-refractivity contribution >= 4 is 40.5 Å². The van der Waals surface area contributed by atoms with E-state index in [2.05, 4.69) is 23.5 Å². The Labute approximate surface area is 226 Å². The molecule has 3 atom stereocenters. The molecule has 6 bridgehead atoms. The molecule has 3 aliphatic heterocycles. The number of benzene rings is 1. The Kier molecular flexibility index (Phi) is 7.17. The van der Waals surface area contributed by atoms with Gasteiger partial charge in [0.05, 0.1) is 25.9 Å². The van der Waals surface area contributed by atoms with E-state index in [1.54, 1.807) is 4.90 Å². The number of aryl methyl sites for hydroxylation is 1. The first-order valence-corrected chi connectivity index (χ1v) is 13.8. The highest BCUT2D eigenvalue weighted by atomic mass is 32.1. The number of fused-ring (bicyclic) bond motifs is 5. The van der Waals surface area contributed by atoms with E-state index in [-0.39, 0.29) is 18.9 Å². The van der Waals surface area contributed by atoms with Crippen molar-refractivity contribution in [3.05, 3.63) is 52.0 Å². The van der Waals surface area contributed by atoms with Gasteiger partial charge >= 0.3 is 12.1 Å². The average Bonchev–Trinajstić information content (AvgIpc) is 3.61. The normalized spacial score (nSPS) is 24.7. The molecule has 1 saturated heterocycles. The fourth-order valence-corrected chi connectivity index (χ4v) is 6.08. The van der Waals surface area contributed by atoms with E-state index in [0.29, 0.717) is 18.2 Å². The topological polar surface area (TPSA) is 101 Å². The first-order chi connectivity index (χ1) is 18.1. The van der Waals surface area contributed by atoms with Gasteiger partial charge in [-0.3, -0.25) is 9.69 Å². The van der Waals surface area contributed by atoms with Crippen LogP contribution in [0.15, 0.2) is 29.7 Å². The van der Waals surface area contributed by atoms with Crippen LogP contribution in [0.5, 0.6) is 0 Å². The van der Waals surface area contributed by atoms with Crippen molar-refractivity contribution in [2.24, 2.45) is 5.41 Å². The molecule has 1 aromatic heterocycles. The second-order valence-electron chi connectivity index (χ2n) is 11.1. The van der Waals surface area contributed by atoms with E-state index in [1.165, 1.54) is 23.3 Å². The highest BCUT2D eigenvalue weighted by molar-refractivity contribution is 7.13. The molecule has 0 unspecified atom stereocenters. The van der Waals surface area contributed by atoms with Gasteiger partial charge in [0, 0.05) is 18.3 Å². The molecule has 4 heterocycles. The molecular formula is C28H34N4O5S. The van der Waals surface area contributed by atoms with Crippen molar-refractivity contribution in [1.82, 2.24) is 14.8 Å². The average molecular weight is 539 g/mol. The minimum absolute atomic E-state index is 0.122. The number of anilines is 1. The molecule has 10 heteroatoms. The lowest BCUT2D eigenvalue weighted by Crippen LogP contribution is -2.52. The number of carbonyl (C=O) groups is 3. The molecule has 3 aliphatic rings. The third-order valence-electron chi connectivity index (χ3n) is 7.36. The van der Waals surface area contributed by atoms with Gasteiger partial charge in [-0.05, 0) is 34.9 Å². The summed E-state index contributed by atoms with van der Waals surface area (Å²) >= 11 is 1.46. The van der Waals surface area contributed by atoms with Crippen LogP contribution in [-0.2, 0) is 38.6 Å². The smallest absolute Gasteiger partial charge is 0.410 e. The Morgan fingerprint density at radius 3 is 2.82 bits per heavy atom. The first kappa shape index (κ1) is 26.2. The van der Waals surface area contributed by atoms with E-state index in [0.717, 1.165) is 35.2 Å². The van der Waals surface area contributed by atoms with Crippen molar-refractivity contribution in [3.8, 4) is 0 Å². The quantitative estimate of drug-likeness (QED) is 0.543. The van der Waals surface area contributed by atoms with E-state index < -0.39 is 35.7 Å². The summed E-state index contributed by atoms with van der Waals surface area (Å²) in [5.74, 6) is -0.768. The highest BCUT2D eigenvalue weighted by Crippen LogP contribution is 2.32. The SMILES string of the molecule is COC(=O)[C@@H]1C[C@@H]2CN1C(=O)[C@H](C(C)(C)C)Nc1nc(cs1)CC/C=C/c1cccc3c1CN(C3)C(=O)O2. The van der Waals surface area contributed by atoms with E-state index in [9.17, 15) is 14.4 Å². The van der Waals surface area contributed by atoms with Gasteiger partial charge in [-0.15, -0.1) is 11.3 Å². The number of nitrogens with one attached hydrogen (secondary N) is 1. The zero-order valence-corrected chi connectivity index (χ0v) is 23.0. The summed E-state index contributed by atoms with van der Waals surface area (Å²) in [4.78, 5) is 47.7. The second-order valence-corrected chi connectivity index (χ2v) is 12.0. The van der Waals surface area contributed by atoms with Crippen LogP contribution in [0.1, 0.15) is 56.0 Å². The Balaban J connectivity index is 1.48. The number of carbonyl (C=O) groups excluding carboxylic acids is 3. The van der Waals surface area contributed by atoms with Crippen molar-refractivity contribution in [3.63, 3.8) is 0 Å². The molecule has 1 aromatic carbocycles. The van der Waals surface area contributed by atoms with Crippen molar-refractivity contribution in [2.45, 2.75) is 71.3 Å². The van der Waals surface area contributed by atoms with Crippen molar-refractivity contribution in [1.29, 1.82) is 0 Å². The van der Waals surface area contributed by atoms with Crippen LogP contribution < -0.4 is 5.32 Å². The lowest BCUT2D eigenvalue weighted by molar-refractivity contribution is -0.151. The molecule has 202 valence electrons. The van der Waals surface area contributed by atoms with Crippen LogP contribution >= 0.6 is 11.3 Å². The molecule has 5 rings (SSSR count). The van der Waals surface area contributed by atoms with E-state index >= 15 is 0 Å². The fourth-order valence-electron chi connectivity index (χ4n) is 5.30. The maximum absolute atomic E-state index is 13.9. The van der Waals surface area contributed by atoms with Gasteiger partial charge < -0.3 is 19.7 Å². The van der Waals surface area contributed by atoms with Crippen LogP contribution in [0.2, 0.25) is 0 Å². The summed E-state index contributed by atoms with van der Waals surface area (Å²) < 4.78 is 10.9. The molecule has 0 spiro atoms. The molecule has 0 aliphatic carbocycles. The molecule has 1 N–H and O–H groups in total. The standard InChI is InChI=1S/C28H34N4O5S/c1-28(2,3)23-24(33)32-14-20(12-22(32)25(34)36-4)37-27(35)31-13-18-10-7-9-17(21(18)15-31)8-5-6-11-19-16-38-26(29-19)30-23/h5,7-10,16,20,22-23H,6,11-15H2,1-4H3,(H,29,30)/b8-5+/t20-,22+,23-/m1/s1. The van der Waals surface area contributed by atoms with Crippen LogP contribution in [0, 0.1) is 5.41 Å². The van der Waals surface area contributed by atoms with Gasteiger partial charge in [0.15, 0.2) is 5.13 Å². The number of aromatic nitrogens is 1. The number of esters is 1. The third kappa shape index (κ3) is 5.27. The van der Waals surface area contributed by atoms with Crippen LogP contribution in [0.4, 0.5) is 9.93 Å². The number of ether oxygens (including phenoxy) is 2. The minimum atomic E-state index is -0.832. The molecule has 9 nitrogen and oxygen atoms in total. The predicted molar refractivity (Wildman–Crippen MR) is 144 cm³/mol. The molecule has 0 saturated carbocycles. The zero-order valence-electron chi connectivity index (χ0n) is 22.2. The third-order valence-corrected chi connectivity index (χ3v) is 8.18. The maximum Gasteiger partial charge on any atom is 0.410 e. The molecule has 0 radical (unpaired) electrons. The Morgan fingerprint density at radius 1 is 1.24 bits per heavy atom. The number of amides is 2. The Morgan fingerprint density at radius 2 is 2.05 bits per heavy atom. The van der Waals surface area contributed by atoms with Crippen molar-refractivity contribution in [2.75, 3.05) is 19.0 Å². The number of hydrogen-bond donors (Lipinski definition) is 1. The minimum Gasteiger partial charge on any atom is -0.467 e. The number of allylic oxidation sites excluding steroid dienone is 1. The summed E-state index contributed by atoms with van der Waals surface area (Å²) in [5.41, 5.74) is 3.78. The van der Waals surface area contributed by atoms with Crippen molar-refractivity contribution < 1.29 is 23.9 Å². The molecule has 2 amide bonds. The van der Waals surface area contributed by atoms with Gasteiger partial charge in [0.2, 0.25) is 5.91 Å². The lowest BCUT2D eigenvalue weighted by Gasteiger charge is -2.35. The zero-order chi connectivity index (χ0) is 27.0. The van der Waals surface area contributed by atoms with Crippen LogP contribution in [0.3, 0.4) is 0 Å². The number of rotatable bonds is 1. The number of methoxy groups -OCH3 is 1. The highest BCUT2D eigenvalue weighted by Gasteiger charge is 2.46. The fraction of sp³-hybridized carbons (Fsp3) is 0.500. The number of hydrogen-bond acceptors (Lipinski definition) is 8. The van der Waals surface area contributed by atoms with E-state index in [1.807, 2.05) is 38.3 Å². The Bertz CT molecular complexity index is 1270. The Hall–Kier alpha value is -3.40. The summed E-state index contributed by atoms with van der Waals surface area (Å²) in [7, 11) is 1.30. The van der Waals surface area contributed by atoms with Gasteiger partial charge in [0.1, 0.15) is 18.2 Å². The van der Waals surface area contributed by atoms with Crippen LogP contribution in [-0.4, -0.2) is 64.6 Å². The molecule has 1 fully saturated rings. The lowest BCUT2D eigenvalue weighted by atomic mass is 9.85. The van der Waals surface area contributed by atoms with Gasteiger partial charge in [-0.2, -0.15) is 0 Å². The summed E-state index contributed by atoms with van der Waals surface area (Å²) in [6.07, 6.45) is 4.96. The summed E-state index contributed by atoms with van der Waals surface area (Å²) in [6, 6.07) is 4.62. The maximum atomic E-state index is 13.9. The molecule has 2 aromatic rings. The van der Waals surface area contributed by atoms with Gasteiger partial charge in [-0.1, -0.05) is 51.1 Å². The predicted octanol–water partition coefficient (Wildman–Crippen LogP) is 4.22.